The van der Waals surface area contributed by atoms with Crippen LogP contribution in [0.25, 0.3) is 0 Å². The van der Waals surface area contributed by atoms with Crippen LogP contribution in [0.15, 0.2) is 0 Å². The van der Waals surface area contributed by atoms with Crippen molar-refractivity contribution in [2.75, 3.05) is 0 Å². The van der Waals surface area contributed by atoms with Gasteiger partial charge in [-0.3, -0.25) is 4.79 Å². The minimum Gasteiger partial charge on any atom is -0.459 e. The lowest BCUT2D eigenvalue weighted by Crippen LogP contribution is -2.67. The molecule has 0 aromatic rings. The summed E-state index contributed by atoms with van der Waals surface area (Å²) in [6.45, 7) is 10.6. The fourth-order valence-corrected chi connectivity index (χ4v) is 4.44. The molecule has 0 saturated heterocycles. The van der Waals surface area contributed by atoms with Crippen LogP contribution in [0.2, 0.25) is 0 Å². The molecule has 0 aliphatic heterocycles. The summed E-state index contributed by atoms with van der Waals surface area (Å²) in [6, 6.07) is 0. The van der Waals surface area contributed by atoms with E-state index in [0.29, 0.717) is 18.3 Å². The highest BCUT2D eigenvalue weighted by Crippen LogP contribution is 2.63. The maximum atomic E-state index is 12.1. The molecule has 3 rings (SSSR count). The number of carbonyl (C=O) groups is 1. The lowest BCUT2D eigenvalue weighted by Gasteiger charge is -2.64. The largest absolute Gasteiger partial charge is 0.459 e. The second kappa shape index (κ2) is 5.91. The van der Waals surface area contributed by atoms with Gasteiger partial charge in [-0.05, 0) is 42.9 Å². The van der Waals surface area contributed by atoms with E-state index in [0.717, 1.165) is 32.1 Å². The smallest absolute Gasteiger partial charge is 0.306 e. The maximum Gasteiger partial charge on any atom is 0.306 e. The third-order valence-corrected chi connectivity index (χ3v) is 6.17. The van der Waals surface area contributed by atoms with Crippen LogP contribution in [0.5, 0.6) is 0 Å². The van der Waals surface area contributed by atoms with Gasteiger partial charge in [0.1, 0.15) is 11.7 Å². The van der Waals surface area contributed by atoms with Crippen molar-refractivity contribution in [1.82, 2.24) is 0 Å². The van der Waals surface area contributed by atoms with Crippen molar-refractivity contribution in [1.29, 1.82) is 0 Å². The number of unbranched alkanes of at least 4 members (excludes halogenated alkanes) is 1. The highest BCUT2D eigenvalue weighted by Gasteiger charge is 2.64. The zero-order valence-corrected chi connectivity index (χ0v) is 14.3. The molecule has 3 aliphatic rings. The number of hydrogen-bond donors (Lipinski definition) is 1. The first-order valence-electron chi connectivity index (χ1n) is 8.61. The van der Waals surface area contributed by atoms with Crippen molar-refractivity contribution in [2.45, 2.75) is 84.8 Å². The predicted molar refractivity (Wildman–Crippen MR) is 83.8 cm³/mol. The van der Waals surface area contributed by atoms with Crippen LogP contribution >= 0.6 is 0 Å². The Labute approximate surface area is 129 Å². The van der Waals surface area contributed by atoms with Gasteiger partial charge in [0.25, 0.3) is 0 Å². The van der Waals surface area contributed by atoms with Gasteiger partial charge in [-0.15, -0.1) is 0 Å². The Morgan fingerprint density at radius 1 is 1.33 bits per heavy atom. The third kappa shape index (κ3) is 3.13. The molecule has 0 amide bonds. The molecule has 0 aromatic heterocycles. The van der Waals surface area contributed by atoms with E-state index in [1.807, 2.05) is 6.92 Å². The van der Waals surface area contributed by atoms with Crippen LogP contribution in [-0.2, 0) is 9.53 Å². The van der Waals surface area contributed by atoms with E-state index in [1.165, 1.54) is 0 Å². The highest BCUT2D eigenvalue weighted by atomic mass is 16.6. The van der Waals surface area contributed by atoms with Crippen LogP contribution in [0.3, 0.4) is 0 Å². The summed E-state index contributed by atoms with van der Waals surface area (Å²) < 4.78 is 5.66. The van der Waals surface area contributed by atoms with Crippen molar-refractivity contribution in [3.8, 4) is 0 Å². The summed E-state index contributed by atoms with van der Waals surface area (Å²) in [5, 5.41) is 10.8. The van der Waals surface area contributed by atoms with E-state index in [2.05, 4.69) is 27.7 Å². The highest BCUT2D eigenvalue weighted by molar-refractivity contribution is 5.70. The first kappa shape index (κ1) is 16.8. The molecule has 0 spiro atoms. The van der Waals surface area contributed by atoms with E-state index < -0.39 is 5.60 Å². The Bertz CT molecular complexity index is 386. The van der Waals surface area contributed by atoms with E-state index in [-0.39, 0.29) is 23.4 Å². The first-order valence-corrected chi connectivity index (χ1v) is 8.61. The van der Waals surface area contributed by atoms with Gasteiger partial charge in [0.2, 0.25) is 0 Å². The van der Waals surface area contributed by atoms with Crippen LogP contribution in [0.4, 0.5) is 0 Å². The lowest BCUT2D eigenvalue weighted by molar-refractivity contribution is -0.253. The zero-order chi connectivity index (χ0) is 15.8. The standard InChI is InChI=1S/C18H32O3/c1-6-7-8-12(2)9-16(19)21-15-11-13-10-14(17(13,3)4)18(15,5)20/h12-15,20H,6-11H2,1-5H3/t12-,13-,14-,15+,18-/m1/s1. The molecule has 3 saturated carbocycles. The van der Waals surface area contributed by atoms with E-state index in [9.17, 15) is 9.90 Å². The molecule has 21 heavy (non-hydrogen) atoms. The molecule has 3 heteroatoms. The summed E-state index contributed by atoms with van der Waals surface area (Å²) in [5.74, 6) is 1.07. The number of rotatable bonds is 6. The van der Waals surface area contributed by atoms with E-state index in [1.54, 1.807) is 0 Å². The van der Waals surface area contributed by atoms with Gasteiger partial charge in [0.15, 0.2) is 0 Å². The molecule has 2 bridgehead atoms. The fraction of sp³-hybridized carbons (Fsp3) is 0.944. The maximum absolute atomic E-state index is 12.1. The quantitative estimate of drug-likeness (QED) is 0.755. The first-order chi connectivity index (χ1) is 9.69. The molecule has 3 aliphatic carbocycles. The second-order valence-corrected chi connectivity index (χ2v) is 8.20. The SMILES string of the molecule is CCCC[C@@H](C)CC(=O)O[C@H]1C[C@H]2C[C@H](C2(C)C)[C@@]1(C)O. The molecule has 3 nitrogen and oxygen atoms in total. The molecule has 1 N–H and O–H groups in total. The Hall–Kier alpha value is -0.570. The summed E-state index contributed by atoms with van der Waals surface area (Å²) >= 11 is 0. The molecule has 3 fully saturated rings. The number of carbonyl (C=O) groups excluding carboxylic acids is 1. The molecule has 0 radical (unpaired) electrons. The summed E-state index contributed by atoms with van der Waals surface area (Å²) in [4.78, 5) is 12.1. The Kier molecular flexibility index (Phi) is 4.72. The predicted octanol–water partition coefficient (Wildman–Crippen LogP) is 3.93. The monoisotopic (exact) mass is 296 g/mol. The number of hydrogen-bond acceptors (Lipinski definition) is 3. The zero-order valence-electron chi connectivity index (χ0n) is 14.3. The average Bonchev–Trinajstić information content (AvgIpc) is 2.37. The van der Waals surface area contributed by atoms with Gasteiger partial charge < -0.3 is 9.84 Å². The normalized spacial score (nSPS) is 38.5. The minimum absolute atomic E-state index is 0.136. The Morgan fingerprint density at radius 2 is 2.00 bits per heavy atom. The van der Waals surface area contributed by atoms with Crippen LogP contribution in [0, 0.1) is 23.2 Å². The lowest BCUT2D eigenvalue weighted by atomic mass is 9.43. The van der Waals surface area contributed by atoms with Crippen molar-refractivity contribution < 1.29 is 14.6 Å². The van der Waals surface area contributed by atoms with Gasteiger partial charge in [-0.25, -0.2) is 0 Å². The molecule has 5 atom stereocenters. The summed E-state index contributed by atoms with van der Waals surface area (Å²) in [7, 11) is 0. The third-order valence-electron chi connectivity index (χ3n) is 6.17. The van der Waals surface area contributed by atoms with Gasteiger partial charge in [0.05, 0.1) is 0 Å². The number of ether oxygens (including phenoxy) is 1. The van der Waals surface area contributed by atoms with Crippen LogP contribution in [0.1, 0.15) is 73.1 Å². The van der Waals surface area contributed by atoms with Gasteiger partial charge in [-0.1, -0.05) is 47.0 Å². The van der Waals surface area contributed by atoms with Crippen molar-refractivity contribution >= 4 is 5.97 Å². The van der Waals surface area contributed by atoms with Crippen LogP contribution < -0.4 is 0 Å². The summed E-state index contributed by atoms with van der Waals surface area (Å²) in [6.07, 6.45) is 5.44. The fourth-order valence-electron chi connectivity index (χ4n) is 4.44. The van der Waals surface area contributed by atoms with Gasteiger partial charge >= 0.3 is 5.97 Å². The summed E-state index contributed by atoms with van der Waals surface area (Å²) in [5.41, 5.74) is -0.693. The van der Waals surface area contributed by atoms with E-state index >= 15 is 0 Å². The average molecular weight is 296 g/mol. The van der Waals surface area contributed by atoms with Crippen molar-refractivity contribution in [3.05, 3.63) is 0 Å². The van der Waals surface area contributed by atoms with Crippen molar-refractivity contribution in [3.63, 3.8) is 0 Å². The topological polar surface area (TPSA) is 46.5 Å². The number of aliphatic hydroxyl groups is 1. The van der Waals surface area contributed by atoms with Gasteiger partial charge in [0, 0.05) is 6.42 Å². The molecule has 0 aromatic carbocycles. The number of fused-ring (bicyclic) bond motifs is 2. The molecular formula is C18H32O3. The Balaban J connectivity index is 1.88. The number of esters is 1. The van der Waals surface area contributed by atoms with E-state index in [4.69, 9.17) is 4.74 Å². The Morgan fingerprint density at radius 3 is 2.52 bits per heavy atom. The molecule has 0 heterocycles. The van der Waals surface area contributed by atoms with Crippen LogP contribution in [-0.4, -0.2) is 22.8 Å². The molecule has 122 valence electrons. The molecule has 0 unspecified atom stereocenters. The van der Waals surface area contributed by atoms with Crippen molar-refractivity contribution in [2.24, 2.45) is 23.2 Å². The second-order valence-electron chi connectivity index (χ2n) is 8.20. The minimum atomic E-state index is -0.874. The van der Waals surface area contributed by atoms with Gasteiger partial charge in [-0.2, -0.15) is 0 Å². The molecular weight excluding hydrogens is 264 g/mol.